The molecule has 0 aromatic heterocycles. The minimum absolute atomic E-state index is 0.151. The van der Waals surface area contributed by atoms with Crippen LogP contribution in [-0.2, 0) is 4.79 Å². The molecule has 1 fully saturated rings. The van der Waals surface area contributed by atoms with Gasteiger partial charge in [-0.15, -0.1) is 0 Å². The molecule has 28 heavy (non-hydrogen) atoms. The second-order valence-electron chi connectivity index (χ2n) is 6.11. The Labute approximate surface area is 160 Å². The number of ether oxygens (including phenoxy) is 1. The van der Waals surface area contributed by atoms with Crippen molar-refractivity contribution in [2.45, 2.75) is 6.04 Å². The molecule has 1 aliphatic rings. The maximum absolute atomic E-state index is 12.9. The zero-order valence-electron chi connectivity index (χ0n) is 15.0. The van der Waals surface area contributed by atoms with Crippen molar-refractivity contribution in [2.24, 2.45) is 5.92 Å². The van der Waals surface area contributed by atoms with E-state index in [4.69, 9.17) is 4.74 Å². The van der Waals surface area contributed by atoms with Crippen molar-refractivity contribution >= 4 is 23.3 Å². The van der Waals surface area contributed by atoms with E-state index in [1.54, 1.807) is 30.3 Å². The fourth-order valence-electron chi connectivity index (χ4n) is 3.06. The molecule has 3 amide bonds. The van der Waals surface area contributed by atoms with Crippen LogP contribution in [0.4, 0.5) is 16.2 Å². The van der Waals surface area contributed by atoms with E-state index in [0.29, 0.717) is 11.4 Å². The Morgan fingerprint density at radius 3 is 2.54 bits per heavy atom. The largest absolute Gasteiger partial charge is 0.497 e. The normalized spacial score (nSPS) is 18.6. The van der Waals surface area contributed by atoms with Gasteiger partial charge in [0.2, 0.25) is 5.91 Å². The highest BCUT2D eigenvalue weighted by Crippen LogP contribution is 2.35. The van der Waals surface area contributed by atoms with Gasteiger partial charge in [0.25, 0.3) is 5.69 Å². The molecule has 9 heteroatoms. The number of benzene rings is 2. The molecule has 3 N–H and O–H groups in total. The van der Waals surface area contributed by atoms with E-state index in [0.717, 1.165) is 0 Å². The third-order valence-electron chi connectivity index (χ3n) is 4.38. The summed E-state index contributed by atoms with van der Waals surface area (Å²) in [4.78, 5) is 35.7. The first kappa shape index (κ1) is 18.9. The van der Waals surface area contributed by atoms with Crippen LogP contribution < -0.4 is 20.7 Å². The Hall–Kier alpha value is -3.88. The average molecular weight is 382 g/mol. The van der Waals surface area contributed by atoms with Gasteiger partial charge in [-0.3, -0.25) is 14.9 Å². The van der Waals surface area contributed by atoms with E-state index in [1.807, 2.05) is 0 Å². The third-order valence-corrected chi connectivity index (χ3v) is 4.38. The predicted octanol–water partition coefficient (Wildman–Crippen LogP) is 2.73. The molecule has 2 aromatic rings. The summed E-state index contributed by atoms with van der Waals surface area (Å²) in [5.74, 6) is -0.793. The Morgan fingerprint density at radius 2 is 1.89 bits per heavy atom. The summed E-state index contributed by atoms with van der Waals surface area (Å²) < 4.78 is 5.08. The summed E-state index contributed by atoms with van der Waals surface area (Å²) in [5, 5.41) is 19.2. The van der Waals surface area contributed by atoms with Gasteiger partial charge in [0.1, 0.15) is 11.7 Å². The fourth-order valence-corrected chi connectivity index (χ4v) is 3.06. The van der Waals surface area contributed by atoms with Gasteiger partial charge in [0.15, 0.2) is 0 Å². The number of nitrogens with one attached hydrogen (secondary N) is 3. The van der Waals surface area contributed by atoms with Crippen molar-refractivity contribution in [2.75, 3.05) is 12.4 Å². The van der Waals surface area contributed by atoms with Gasteiger partial charge >= 0.3 is 6.03 Å². The lowest BCUT2D eigenvalue weighted by Gasteiger charge is -2.33. The first-order chi connectivity index (χ1) is 13.4. The molecule has 0 spiro atoms. The van der Waals surface area contributed by atoms with Crippen LogP contribution in [0.15, 0.2) is 60.8 Å². The van der Waals surface area contributed by atoms with Crippen molar-refractivity contribution in [3.05, 3.63) is 76.5 Å². The number of anilines is 1. The van der Waals surface area contributed by atoms with E-state index in [1.165, 1.54) is 25.3 Å². The minimum atomic E-state index is -0.957. The van der Waals surface area contributed by atoms with E-state index in [2.05, 4.69) is 22.5 Å². The van der Waals surface area contributed by atoms with Crippen LogP contribution in [0, 0.1) is 16.0 Å². The second-order valence-corrected chi connectivity index (χ2v) is 6.11. The number of rotatable bonds is 5. The zero-order chi connectivity index (χ0) is 20.3. The maximum Gasteiger partial charge on any atom is 0.319 e. The van der Waals surface area contributed by atoms with Crippen LogP contribution in [0.5, 0.6) is 5.75 Å². The van der Waals surface area contributed by atoms with Crippen LogP contribution in [-0.4, -0.2) is 24.0 Å². The Bertz CT molecular complexity index is 942. The van der Waals surface area contributed by atoms with Gasteiger partial charge in [0, 0.05) is 17.5 Å². The summed E-state index contributed by atoms with van der Waals surface area (Å²) in [6, 6.07) is 11.1. The molecule has 0 bridgehead atoms. The highest BCUT2D eigenvalue weighted by atomic mass is 16.6. The molecule has 1 saturated heterocycles. The van der Waals surface area contributed by atoms with Gasteiger partial charge in [-0.1, -0.05) is 24.8 Å². The molecule has 1 aliphatic heterocycles. The van der Waals surface area contributed by atoms with Gasteiger partial charge in [-0.2, -0.15) is 0 Å². The number of carbonyl (C=O) groups is 2. The SMILES string of the molecule is C=C1NC(=O)N[C@H](c2ccccc2[N+](=O)[O-])[C@H]1C(=O)Nc1ccc(OC)cc1. The molecule has 0 saturated carbocycles. The molecule has 0 aliphatic carbocycles. The van der Waals surface area contributed by atoms with Crippen LogP contribution in [0.2, 0.25) is 0 Å². The first-order valence-electron chi connectivity index (χ1n) is 8.35. The molecule has 2 aromatic carbocycles. The van der Waals surface area contributed by atoms with Gasteiger partial charge in [0.05, 0.1) is 23.6 Å². The smallest absolute Gasteiger partial charge is 0.319 e. The Morgan fingerprint density at radius 1 is 1.21 bits per heavy atom. The number of para-hydroxylation sites is 1. The summed E-state index contributed by atoms with van der Waals surface area (Å²) in [5.41, 5.74) is 0.692. The van der Waals surface area contributed by atoms with Gasteiger partial charge < -0.3 is 20.7 Å². The van der Waals surface area contributed by atoms with Crippen LogP contribution in [0.25, 0.3) is 0 Å². The second kappa shape index (κ2) is 7.78. The number of nitrogens with zero attached hydrogens (tertiary/aromatic N) is 1. The number of urea groups is 1. The Kier molecular flexibility index (Phi) is 5.25. The van der Waals surface area contributed by atoms with E-state index in [9.17, 15) is 19.7 Å². The molecule has 3 rings (SSSR count). The zero-order valence-corrected chi connectivity index (χ0v) is 15.0. The summed E-state index contributed by atoms with van der Waals surface area (Å²) in [7, 11) is 1.53. The van der Waals surface area contributed by atoms with Crippen LogP contribution >= 0.6 is 0 Å². The van der Waals surface area contributed by atoms with Crippen molar-refractivity contribution < 1.29 is 19.2 Å². The standard InChI is InChI=1S/C19H18N4O5/c1-11-16(18(24)21-12-7-9-13(28-2)10-8-12)17(22-19(25)20-11)14-5-3-4-6-15(14)23(26)27/h3-10,16-17H,1H2,2H3,(H,21,24)(H2,20,22,25)/t16-,17+/m0/s1. The van der Waals surface area contributed by atoms with Crippen molar-refractivity contribution in [1.82, 2.24) is 10.6 Å². The first-order valence-corrected chi connectivity index (χ1v) is 8.35. The lowest BCUT2D eigenvalue weighted by molar-refractivity contribution is -0.385. The molecule has 144 valence electrons. The average Bonchev–Trinajstić information content (AvgIpc) is 2.67. The van der Waals surface area contributed by atoms with Crippen LogP contribution in [0.1, 0.15) is 11.6 Å². The van der Waals surface area contributed by atoms with E-state index in [-0.39, 0.29) is 16.9 Å². The number of hydrogen-bond acceptors (Lipinski definition) is 5. The molecule has 9 nitrogen and oxygen atoms in total. The highest BCUT2D eigenvalue weighted by molar-refractivity contribution is 5.97. The maximum atomic E-state index is 12.9. The summed E-state index contributed by atoms with van der Waals surface area (Å²) in [6.45, 7) is 3.76. The predicted molar refractivity (Wildman–Crippen MR) is 102 cm³/mol. The molecular formula is C19H18N4O5. The lowest BCUT2D eigenvalue weighted by atomic mass is 9.87. The van der Waals surface area contributed by atoms with Crippen molar-refractivity contribution in [3.63, 3.8) is 0 Å². The molecular weight excluding hydrogens is 364 g/mol. The number of nitro groups is 1. The lowest BCUT2D eigenvalue weighted by Crippen LogP contribution is -2.52. The number of carbonyl (C=O) groups excluding carboxylic acids is 2. The number of methoxy groups -OCH3 is 1. The Balaban J connectivity index is 1.93. The third kappa shape index (κ3) is 3.78. The van der Waals surface area contributed by atoms with Gasteiger partial charge in [-0.05, 0) is 24.3 Å². The van der Waals surface area contributed by atoms with E-state index >= 15 is 0 Å². The summed E-state index contributed by atoms with van der Waals surface area (Å²) in [6.07, 6.45) is 0. The summed E-state index contributed by atoms with van der Waals surface area (Å²) >= 11 is 0. The van der Waals surface area contributed by atoms with Crippen molar-refractivity contribution in [3.8, 4) is 5.75 Å². The quantitative estimate of drug-likeness (QED) is 0.542. The highest BCUT2D eigenvalue weighted by Gasteiger charge is 2.40. The van der Waals surface area contributed by atoms with Crippen molar-refractivity contribution in [1.29, 1.82) is 0 Å². The number of amides is 3. The van der Waals surface area contributed by atoms with Crippen LogP contribution in [0.3, 0.4) is 0 Å². The molecule has 1 heterocycles. The monoisotopic (exact) mass is 382 g/mol. The molecule has 0 radical (unpaired) electrons. The topological polar surface area (TPSA) is 123 Å². The number of hydrogen-bond donors (Lipinski definition) is 3. The molecule has 0 unspecified atom stereocenters. The van der Waals surface area contributed by atoms with Gasteiger partial charge in [-0.25, -0.2) is 4.79 Å². The van der Waals surface area contributed by atoms with E-state index < -0.39 is 28.8 Å². The fraction of sp³-hybridized carbons (Fsp3) is 0.158. The number of nitro benzene ring substituents is 1. The minimum Gasteiger partial charge on any atom is -0.497 e. The molecule has 2 atom stereocenters.